The Hall–Kier alpha value is -3.64. The van der Waals surface area contributed by atoms with Crippen LogP contribution >= 0.6 is 11.3 Å². The van der Waals surface area contributed by atoms with Crippen molar-refractivity contribution < 1.29 is 14.6 Å². The lowest BCUT2D eigenvalue weighted by Crippen LogP contribution is -2.07. The van der Waals surface area contributed by atoms with Gasteiger partial charge in [0.15, 0.2) is 0 Å². The topological polar surface area (TPSA) is 71.5 Å². The van der Waals surface area contributed by atoms with E-state index in [9.17, 15) is 4.79 Å². The second-order valence-electron chi connectivity index (χ2n) is 9.73. The fourth-order valence-corrected chi connectivity index (χ4v) is 4.32. The Balaban J connectivity index is 0.000000368. The number of carboxylic acids is 1. The zero-order valence-corrected chi connectivity index (χ0v) is 26.1. The zero-order valence-electron chi connectivity index (χ0n) is 25.3. The van der Waals surface area contributed by atoms with Crippen LogP contribution in [-0.2, 0) is 17.8 Å². The molecule has 0 saturated carbocycles. The van der Waals surface area contributed by atoms with Crippen LogP contribution in [0.4, 0.5) is 0 Å². The number of nitrogens with zero attached hydrogens (tertiary/aromatic N) is 1. The Morgan fingerprint density at radius 1 is 1.10 bits per heavy atom. The summed E-state index contributed by atoms with van der Waals surface area (Å²) in [6.07, 6.45) is 6.75. The summed E-state index contributed by atoms with van der Waals surface area (Å²) in [5, 5.41) is 11.3. The van der Waals surface area contributed by atoms with Gasteiger partial charge in [-0.05, 0) is 89.3 Å². The molecule has 0 radical (unpaired) electrons. The minimum absolute atomic E-state index is 0.389. The minimum atomic E-state index is -0.845. The molecule has 0 aliphatic carbocycles. The molecular weight excluding hydrogens is 516 g/mol. The molecule has 0 saturated heterocycles. The number of aryl methyl sites for hydroxylation is 4. The molecule has 5 nitrogen and oxygen atoms in total. The first kappa shape index (κ1) is 34.4. The summed E-state index contributed by atoms with van der Waals surface area (Å²) < 4.78 is 5.96. The lowest BCUT2D eigenvalue weighted by molar-refractivity contribution is -0.132. The van der Waals surface area contributed by atoms with Crippen molar-refractivity contribution in [3.8, 4) is 5.75 Å². The number of thiazole rings is 1. The maximum Gasteiger partial charge on any atom is 0.330 e. The van der Waals surface area contributed by atoms with Crippen molar-refractivity contribution in [2.45, 2.75) is 80.8 Å². The summed E-state index contributed by atoms with van der Waals surface area (Å²) in [5.74, 6) is 0.00502. The van der Waals surface area contributed by atoms with Gasteiger partial charge < -0.3 is 15.2 Å². The number of rotatable bonds is 11. The van der Waals surface area contributed by atoms with E-state index in [-0.39, 0.29) is 0 Å². The van der Waals surface area contributed by atoms with Crippen LogP contribution in [0.2, 0.25) is 0 Å². The Kier molecular flexibility index (Phi) is 16.0. The molecule has 0 amide bonds. The second kappa shape index (κ2) is 18.6. The Morgan fingerprint density at radius 3 is 2.33 bits per heavy atom. The summed E-state index contributed by atoms with van der Waals surface area (Å²) in [4.78, 5) is 15.5. The molecule has 2 N–H and O–H groups in total. The van der Waals surface area contributed by atoms with Crippen molar-refractivity contribution in [3.63, 3.8) is 0 Å². The zero-order chi connectivity index (χ0) is 30.1. The molecule has 2 aromatic carbocycles. The number of carbonyl (C=O) groups is 1. The van der Waals surface area contributed by atoms with Crippen LogP contribution in [0.15, 0.2) is 78.5 Å². The third kappa shape index (κ3) is 13.4. The highest BCUT2D eigenvalue weighted by atomic mass is 32.1. The van der Waals surface area contributed by atoms with Crippen molar-refractivity contribution in [1.29, 1.82) is 0 Å². The fourth-order valence-electron chi connectivity index (χ4n) is 3.49. The lowest BCUT2D eigenvalue weighted by atomic mass is 10.1. The molecule has 3 aromatic rings. The SMILES string of the molecule is C/C=C(\C)C(=O)O.C=C(C)NC(=C)c1cc(C)cc(OCc2ccccc2C)c1.CCCCCc1scnc1C. The van der Waals surface area contributed by atoms with Crippen LogP contribution in [-0.4, -0.2) is 16.1 Å². The molecule has 1 heterocycles. The van der Waals surface area contributed by atoms with E-state index in [1.807, 2.05) is 36.7 Å². The van der Waals surface area contributed by atoms with Crippen molar-refractivity contribution in [2.75, 3.05) is 0 Å². The van der Waals surface area contributed by atoms with Gasteiger partial charge >= 0.3 is 5.97 Å². The van der Waals surface area contributed by atoms with Gasteiger partial charge in [0.2, 0.25) is 0 Å². The van der Waals surface area contributed by atoms with Crippen molar-refractivity contribution in [2.24, 2.45) is 0 Å². The molecule has 0 spiro atoms. The average Bonchev–Trinajstić information content (AvgIpc) is 3.32. The first-order valence-corrected chi connectivity index (χ1v) is 14.5. The predicted molar refractivity (Wildman–Crippen MR) is 171 cm³/mol. The molecule has 0 fully saturated rings. The number of allylic oxidation sites excluding steroid dienone is 2. The van der Waals surface area contributed by atoms with Gasteiger partial charge in [0, 0.05) is 27.4 Å². The second-order valence-corrected chi connectivity index (χ2v) is 10.7. The normalized spacial score (nSPS) is 10.4. The molecule has 0 unspecified atom stereocenters. The quantitative estimate of drug-likeness (QED) is 0.180. The Labute approximate surface area is 245 Å². The van der Waals surface area contributed by atoms with E-state index in [1.165, 1.54) is 47.4 Å². The molecule has 0 atom stereocenters. The fraction of sp³-hybridized carbons (Fsp3) is 0.353. The maximum absolute atomic E-state index is 9.86. The highest BCUT2D eigenvalue weighted by molar-refractivity contribution is 7.09. The minimum Gasteiger partial charge on any atom is -0.489 e. The predicted octanol–water partition coefficient (Wildman–Crippen LogP) is 9.20. The molecule has 0 bridgehead atoms. The van der Waals surface area contributed by atoms with E-state index in [0.29, 0.717) is 12.2 Å². The highest BCUT2D eigenvalue weighted by Gasteiger charge is 2.05. The van der Waals surface area contributed by atoms with E-state index < -0.39 is 5.97 Å². The third-order valence-corrected chi connectivity index (χ3v) is 7.04. The van der Waals surface area contributed by atoms with E-state index >= 15 is 0 Å². The van der Waals surface area contributed by atoms with Crippen molar-refractivity contribution in [1.82, 2.24) is 10.3 Å². The number of hydrogen-bond acceptors (Lipinski definition) is 5. The largest absolute Gasteiger partial charge is 0.489 e. The summed E-state index contributed by atoms with van der Waals surface area (Å²) >= 11 is 1.79. The van der Waals surface area contributed by atoms with Gasteiger partial charge in [-0.3, -0.25) is 0 Å². The first-order chi connectivity index (χ1) is 19.0. The number of benzene rings is 2. The van der Waals surface area contributed by atoms with Gasteiger partial charge in [-0.2, -0.15) is 0 Å². The number of aromatic nitrogens is 1. The number of hydrogen-bond donors (Lipinski definition) is 2. The van der Waals surface area contributed by atoms with E-state index in [1.54, 1.807) is 31.3 Å². The number of ether oxygens (including phenoxy) is 1. The number of unbranched alkanes of at least 4 members (excludes halogenated alkanes) is 2. The first-order valence-electron chi connectivity index (χ1n) is 13.6. The van der Waals surface area contributed by atoms with Gasteiger partial charge in [-0.1, -0.05) is 63.3 Å². The van der Waals surface area contributed by atoms with Gasteiger partial charge in [0.25, 0.3) is 0 Å². The van der Waals surface area contributed by atoms with Crippen LogP contribution in [0.5, 0.6) is 5.75 Å². The van der Waals surface area contributed by atoms with E-state index in [0.717, 1.165) is 28.3 Å². The summed E-state index contributed by atoms with van der Waals surface area (Å²) in [7, 11) is 0. The summed E-state index contributed by atoms with van der Waals surface area (Å²) in [6, 6.07) is 14.4. The monoisotopic (exact) mass is 562 g/mol. The van der Waals surface area contributed by atoms with Crippen LogP contribution in [0.3, 0.4) is 0 Å². The van der Waals surface area contributed by atoms with Crippen LogP contribution in [0.25, 0.3) is 5.70 Å². The van der Waals surface area contributed by atoms with Crippen molar-refractivity contribution in [3.05, 3.63) is 111 Å². The van der Waals surface area contributed by atoms with Crippen LogP contribution in [0, 0.1) is 20.8 Å². The average molecular weight is 563 g/mol. The van der Waals surface area contributed by atoms with E-state index in [2.05, 4.69) is 69.4 Å². The standard InChI is InChI=1S/C20H23NO.C9H15NS.C5H8O2/c1-14(2)21-17(5)19-10-15(3)11-20(12-19)22-13-18-9-7-6-8-16(18)4;1-3-4-5-6-9-8(2)10-7-11-9;1-3-4(2)5(6)7/h6-12,21H,1,5,13H2,2-4H3;7H,3-6H2,1-2H3;3H,1-2H3,(H,6,7)/b;;4-3+. The number of nitrogens with one attached hydrogen (secondary N) is 1. The highest BCUT2D eigenvalue weighted by Crippen LogP contribution is 2.22. The van der Waals surface area contributed by atoms with Crippen LogP contribution in [0.1, 0.15) is 79.8 Å². The maximum atomic E-state index is 9.86. The molecule has 40 heavy (non-hydrogen) atoms. The molecule has 0 aliphatic rings. The number of aliphatic carboxylic acids is 1. The third-order valence-electron chi connectivity index (χ3n) is 6.04. The molecule has 6 heteroatoms. The molecule has 1 aromatic heterocycles. The molecule has 0 aliphatic heterocycles. The lowest BCUT2D eigenvalue weighted by Gasteiger charge is -2.13. The molecule has 216 valence electrons. The summed E-state index contributed by atoms with van der Waals surface area (Å²) in [6.45, 7) is 22.1. The van der Waals surface area contributed by atoms with E-state index in [4.69, 9.17) is 9.84 Å². The van der Waals surface area contributed by atoms with Gasteiger partial charge in [-0.25, -0.2) is 9.78 Å². The smallest absolute Gasteiger partial charge is 0.330 e. The Bertz CT molecular complexity index is 1270. The Morgan fingerprint density at radius 2 is 1.80 bits per heavy atom. The number of carboxylic acid groups (broad SMARTS) is 1. The van der Waals surface area contributed by atoms with Crippen LogP contribution < -0.4 is 10.1 Å². The van der Waals surface area contributed by atoms with Gasteiger partial charge in [-0.15, -0.1) is 11.3 Å². The van der Waals surface area contributed by atoms with Gasteiger partial charge in [0.05, 0.1) is 11.2 Å². The summed E-state index contributed by atoms with van der Waals surface area (Å²) in [5.41, 5.74) is 9.85. The molecular formula is C34H46N2O3S. The molecule has 3 rings (SSSR count). The van der Waals surface area contributed by atoms with Crippen molar-refractivity contribution >= 4 is 23.0 Å². The van der Waals surface area contributed by atoms with Gasteiger partial charge in [0.1, 0.15) is 12.4 Å².